The van der Waals surface area contributed by atoms with Crippen LogP contribution in [0.15, 0.2) is 48.5 Å². The second kappa shape index (κ2) is 9.50. The number of methoxy groups -OCH3 is 1. The fourth-order valence-corrected chi connectivity index (χ4v) is 6.87. The summed E-state index contributed by atoms with van der Waals surface area (Å²) in [5, 5.41) is 9.57. The standard InChI is InChI=1S/C29H38O4/c1-28(2)25-14-11-21(17-22-7-5-6-8-24(22)27(30)31)18-29(25,3)16-15-26(28)33-19-20-9-12-23(32-4)13-10-20/h5-10,12-13,21,25-26H,11,14-19H2,1-4H3,(H,30,31)/t21-,25?,26-,29+/m0/s1. The van der Waals surface area contributed by atoms with Gasteiger partial charge in [-0.1, -0.05) is 51.1 Å². The third-order valence-electron chi connectivity index (χ3n) is 8.53. The third-order valence-corrected chi connectivity index (χ3v) is 8.53. The van der Waals surface area contributed by atoms with Crippen LogP contribution in [0.1, 0.15) is 74.4 Å². The molecular weight excluding hydrogens is 412 g/mol. The lowest BCUT2D eigenvalue weighted by molar-refractivity contribution is -0.150. The lowest BCUT2D eigenvalue weighted by atomic mass is 9.49. The van der Waals surface area contributed by atoms with Crippen molar-refractivity contribution in [2.45, 2.75) is 72.0 Å². The highest BCUT2D eigenvalue weighted by Crippen LogP contribution is 2.59. The van der Waals surface area contributed by atoms with E-state index in [2.05, 4.69) is 32.9 Å². The van der Waals surface area contributed by atoms with Crippen molar-refractivity contribution in [3.05, 3.63) is 65.2 Å². The number of carboxylic acid groups (broad SMARTS) is 1. The van der Waals surface area contributed by atoms with E-state index < -0.39 is 5.97 Å². The van der Waals surface area contributed by atoms with Crippen molar-refractivity contribution in [3.8, 4) is 5.75 Å². The van der Waals surface area contributed by atoms with Gasteiger partial charge in [0.2, 0.25) is 0 Å². The smallest absolute Gasteiger partial charge is 0.335 e. The first-order valence-corrected chi connectivity index (χ1v) is 12.3. The van der Waals surface area contributed by atoms with Gasteiger partial charge >= 0.3 is 5.97 Å². The number of aromatic carboxylic acids is 1. The predicted molar refractivity (Wildman–Crippen MR) is 131 cm³/mol. The van der Waals surface area contributed by atoms with E-state index in [-0.39, 0.29) is 16.9 Å². The first-order chi connectivity index (χ1) is 15.7. The van der Waals surface area contributed by atoms with Crippen molar-refractivity contribution in [3.63, 3.8) is 0 Å². The first kappa shape index (κ1) is 23.8. The summed E-state index contributed by atoms with van der Waals surface area (Å²) >= 11 is 0. The van der Waals surface area contributed by atoms with Crippen LogP contribution in [-0.4, -0.2) is 24.3 Å². The topological polar surface area (TPSA) is 55.8 Å². The molecule has 1 N–H and O–H groups in total. The minimum atomic E-state index is -0.818. The van der Waals surface area contributed by atoms with Crippen LogP contribution in [0.4, 0.5) is 0 Å². The normalized spacial score (nSPS) is 28.7. The minimum absolute atomic E-state index is 0.114. The SMILES string of the molecule is COc1ccc(CO[C@H]2CC[C@]3(C)C[C@H](Cc4ccccc4C(=O)O)CCC3C2(C)C)cc1. The Morgan fingerprint density at radius 3 is 2.45 bits per heavy atom. The van der Waals surface area contributed by atoms with E-state index in [4.69, 9.17) is 9.47 Å². The molecule has 2 aromatic rings. The molecule has 0 saturated heterocycles. The largest absolute Gasteiger partial charge is 0.497 e. The molecular formula is C29H38O4. The molecule has 4 heteroatoms. The highest BCUT2D eigenvalue weighted by molar-refractivity contribution is 5.89. The van der Waals surface area contributed by atoms with E-state index in [0.717, 1.165) is 30.6 Å². The summed E-state index contributed by atoms with van der Waals surface area (Å²) in [7, 11) is 1.69. The van der Waals surface area contributed by atoms with Crippen molar-refractivity contribution in [2.24, 2.45) is 22.7 Å². The molecule has 4 nitrogen and oxygen atoms in total. The van der Waals surface area contributed by atoms with Crippen molar-refractivity contribution >= 4 is 5.97 Å². The zero-order valence-corrected chi connectivity index (χ0v) is 20.5. The van der Waals surface area contributed by atoms with Crippen LogP contribution < -0.4 is 4.74 Å². The van der Waals surface area contributed by atoms with Gasteiger partial charge in [-0.05, 0) is 90.5 Å². The summed E-state index contributed by atoms with van der Waals surface area (Å²) in [6, 6.07) is 15.7. The van der Waals surface area contributed by atoms with Crippen LogP contribution in [-0.2, 0) is 17.8 Å². The zero-order chi connectivity index (χ0) is 23.6. The van der Waals surface area contributed by atoms with Gasteiger partial charge in [-0.2, -0.15) is 0 Å². The van der Waals surface area contributed by atoms with Gasteiger partial charge in [0.1, 0.15) is 5.75 Å². The molecule has 0 heterocycles. The van der Waals surface area contributed by atoms with E-state index in [0.29, 0.717) is 24.0 Å². The maximum Gasteiger partial charge on any atom is 0.335 e. The van der Waals surface area contributed by atoms with E-state index >= 15 is 0 Å². The number of ether oxygens (including phenoxy) is 2. The molecule has 2 fully saturated rings. The Morgan fingerprint density at radius 1 is 1.03 bits per heavy atom. The Bertz CT molecular complexity index is 964. The molecule has 0 aromatic heterocycles. The maximum atomic E-state index is 11.7. The molecule has 178 valence electrons. The number of benzene rings is 2. The van der Waals surface area contributed by atoms with Gasteiger partial charge in [0, 0.05) is 0 Å². The molecule has 1 unspecified atom stereocenters. The lowest BCUT2D eigenvalue weighted by Gasteiger charge is -2.58. The van der Waals surface area contributed by atoms with Crippen LogP contribution in [0.25, 0.3) is 0 Å². The molecule has 4 atom stereocenters. The molecule has 2 aliphatic rings. The molecule has 0 spiro atoms. The summed E-state index contributed by atoms with van der Waals surface area (Å²) in [6.07, 6.45) is 6.87. The number of rotatable bonds is 7. The van der Waals surface area contributed by atoms with Crippen LogP contribution >= 0.6 is 0 Å². The van der Waals surface area contributed by atoms with E-state index in [1.807, 2.05) is 30.3 Å². The summed E-state index contributed by atoms with van der Waals surface area (Å²) in [5.41, 5.74) is 3.02. The number of hydrogen-bond donors (Lipinski definition) is 1. The average Bonchev–Trinajstić information content (AvgIpc) is 2.78. The molecule has 2 saturated carbocycles. The molecule has 0 bridgehead atoms. The zero-order valence-electron chi connectivity index (χ0n) is 20.5. The molecule has 33 heavy (non-hydrogen) atoms. The van der Waals surface area contributed by atoms with Gasteiger partial charge in [0.05, 0.1) is 25.4 Å². The van der Waals surface area contributed by atoms with Gasteiger partial charge in [-0.25, -0.2) is 4.79 Å². The number of hydrogen-bond acceptors (Lipinski definition) is 3. The first-order valence-electron chi connectivity index (χ1n) is 12.3. The molecule has 0 radical (unpaired) electrons. The second-order valence-electron chi connectivity index (χ2n) is 11.0. The van der Waals surface area contributed by atoms with Gasteiger partial charge < -0.3 is 14.6 Å². The van der Waals surface area contributed by atoms with Gasteiger partial charge in [0.25, 0.3) is 0 Å². The predicted octanol–water partition coefficient (Wildman–Crippen LogP) is 6.76. The fourth-order valence-electron chi connectivity index (χ4n) is 6.87. The van der Waals surface area contributed by atoms with Gasteiger partial charge in [-0.15, -0.1) is 0 Å². The maximum absolute atomic E-state index is 11.7. The lowest BCUT2D eigenvalue weighted by Crippen LogP contribution is -2.53. The Labute approximate surface area is 198 Å². The van der Waals surface area contributed by atoms with Crippen LogP contribution in [0.5, 0.6) is 5.75 Å². The Morgan fingerprint density at radius 2 is 1.76 bits per heavy atom. The van der Waals surface area contributed by atoms with E-state index in [1.165, 1.54) is 24.8 Å². The molecule has 4 rings (SSSR count). The Balaban J connectivity index is 1.41. The quantitative estimate of drug-likeness (QED) is 0.506. The summed E-state index contributed by atoms with van der Waals surface area (Å²) in [6.45, 7) is 7.89. The van der Waals surface area contributed by atoms with Gasteiger partial charge in [-0.3, -0.25) is 0 Å². The monoisotopic (exact) mass is 450 g/mol. The highest BCUT2D eigenvalue weighted by Gasteiger charge is 2.53. The second-order valence-corrected chi connectivity index (χ2v) is 11.0. The third kappa shape index (κ3) is 4.96. The number of carboxylic acids is 1. The van der Waals surface area contributed by atoms with E-state index in [1.54, 1.807) is 13.2 Å². The van der Waals surface area contributed by atoms with Gasteiger partial charge in [0.15, 0.2) is 0 Å². The molecule has 0 aliphatic heterocycles. The van der Waals surface area contributed by atoms with Crippen molar-refractivity contribution in [2.75, 3.05) is 7.11 Å². The van der Waals surface area contributed by atoms with Crippen molar-refractivity contribution in [1.29, 1.82) is 0 Å². The summed E-state index contributed by atoms with van der Waals surface area (Å²) in [4.78, 5) is 11.7. The highest BCUT2D eigenvalue weighted by atomic mass is 16.5. The van der Waals surface area contributed by atoms with Crippen LogP contribution in [0.2, 0.25) is 0 Å². The average molecular weight is 451 g/mol. The van der Waals surface area contributed by atoms with Crippen LogP contribution in [0.3, 0.4) is 0 Å². The summed E-state index contributed by atoms with van der Waals surface area (Å²) in [5.74, 6) is 1.21. The van der Waals surface area contributed by atoms with E-state index in [9.17, 15) is 9.90 Å². The van der Waals surface area contributed by atoms with Crippen LogP contribution in [0, 0.1) is 22.7 Å². The minimum Gasteiger partial charge on any atom is -0.497 e. The fraction of sp³-hybridized carbons (Fsp3) is 0.552. The molecule has 2 aromatic carbocycles. The Kier molecular flexibility index (Phi) is 6.86. The Hall–Kier alpha value is -2.33. The molecule has 0 amide bonds. The summed E-state index contributed by atoms with van der Waals surface area (Å²) < 4.78 is 11.8. The van der Waals surface area contributed by atoms with Crippen molar-refractivity contribution in [1.82, 2.24) is 0 Å². The number of carbonyl (C=O) groups is 1. The van der Waals surface area contributed by atoms with Crippen molar-refractivity contribution < 1.29 is 19.4 Å². The molecule has 2 aliphatic carbocycles. The number of fused-ring (bicyclic) bond motifs is 1.